The third kappa shape index (κ3) is 2.59. The van der Waals surface area contributed by atoms with Gasteiger partial charge in [0, 0.05) is 12.5 Å². The van der Waals surface area contributed by atoms with Crippen molar-refractivity contribution in [1.29, 1.82) is 0 Å². The maximum atomic E-state index is 12.2. The Labute approximate surface area is 113 Å². The number of para-hydroxylation sites is 1. The Morgan fingerprint density at radius 3 is 3.05 bits per heavy atom. The van der Waals surface area contributed by atoms with Crippen LogP contribution in [0.4, 0.5) is 0 Å². The highest BCUT2D eigenvalue weighted by atomic mass is 16.5. The van der Waals surface area contributed by atoms with Crippen molar-refractivity contribution >= 4 is 5.91 Å². The molecule has 0 saturated carbocycles. The van der Waals surface area contributed by atoms with Gasteiger partial charge in [0.2, 0.25) is 0 Å². The summed E-state index contributed by atoms with van der Waals surface area (Å²) in [6.45, 7) is 4.13. The zero-order chi connectivity index (χ0) is 13.2. The molecule has 0 spiro atoms. The summed E-state index contributed by atoms with van der Waals surface area (Å²) >= 11 is 0. The average molecular weight is 260 g/mol. The van der Waals surface area contributed by atoms with Crippen molar-refractivity contribution in [3.63, 3.8) is 0 Å². The zero-order valence-electron chi connectivity index (χ0n) is 11.2. The van der Waals surface area contributed by atoms with Crippen LogP contribution in [0.3, 0.4) is 0 Å². The lowest BCUT2D eigenvalue weighted by atomic mass is 10.00. The molecule has 2 N–H and O–H groups in total. The predicted molar refractivity (Wildman–Crippen MR) is 73.1 cm³/mol. The van der Waals surface area contributed by atoms with Gasteiger partial charge in [0.15, 0.2) is 6.10 Å². The zero-order valence-corrected chi connectivity index (χ0v) is 11.2. The molecule has 0 radical (unpaired) electrons. The fourth-order valence-corrected chi connectivity index (χ4v) is 2.87. The van der Waals surface area contributed by atoms with Crippen LogP contribution in [0, 0.1) is 5.92 Å². The van der Waals surface area contributed by atoms with Gasteiger partial charge in [0.25, 0.3) is 5.91 Å². The molecule has 1 fully saturated rings. The summed E-state index contributed by atoms with van der Waals surface area (Å²) in [6, 6.07) is 8.07. The van der Waals surface area contributed by atoms with E-state index in [9.17, 15) is 4.79 Å². The Hall–Kier alpha value is -1.55. The average Bonchev–Trinajstić information content (AvgIpc) is 3.07. The third-order valence-electron chi connectivity index (χ3n) is 4.12. The van der Waals surface area contributed by atoms with E-state index in [0.29, 0.717) is 12.3 Å². The summed E-state index contributed by atoms with van der Waals surface area (Å²) in [7, 11) is 0. The first kappa shape index (κ1) is 12.5. The van der Waals surface area contributed by atoms with Crippen LogP contribution in [0.5, 0.6) is 5.75 Å². The van der Waals surface area contributed by atoms with Gasteiger partial charge in [0.05, 0.1) is 0 Å². The van der Waals surface area contributed by atoms with Crippen molar-refractivity contribution in [1.82, 2.24) is 10.6 Å². The molecule has 4 heteroatoms. The van der Waals surface area contributed by atoms with E-state index in [0.717, 1.165) is 30.8 Å². The smallest absolute Gasteiger partial charge is 0.261 e. The van der Waals surface area contributed by atoms with Gasteiger partial charge in [-0.25, -0.2) is 0 Å². The maximum Gasteiger partial charge on any atom is 0.261 e. The molecule has 0 bridgehead atoms. The summed E-state index contributed by atoms with van der Waals surface area (Å²) in [6.07, 6.45) is 1.44. The van der Waals surface area contributed by atoms with Crippen molar-refractivity contribution in [2.45, 2.75) is 31.9 Å². The Bertz CT molecular complexity index is 444. The highest BCUT2D eigenvalue weighted by molar-refractivity contribution is 5.82. The van der Waals surface area contributed by atoms with Crippen molar-refractivity contribution in [2.75, 3.05) is 13.1 Å². The summed E-state index contributed by atoms with van der Waals surface area (Å²) < 4.78 is 5.70. The van der Waals surface area contributed by atoms with Crippen LogP contribution < -0.4 is 15.4 Å². The SMILES string of the molecule is CC(NC(=O)C1Cc2ccccc2O1)C1CCNC1. The van der Waals surface area contributed by atoms with Crippen molar-refractivity contribution in [3.05, 3.63) is 29.8 Å². The summed E-state index contributed by atoms with van der Waals surface area (Å²) in [4.78, 5) is 12.2. The van der Waals surface area contributed by atoms with E-state index in [2.05, 4.69) is 17.6 Å². The molecule has 0 aromatic heterocycles. The topological polar surface area (TPSA) is 50.4 Å². The van der Waals surface area contributed by atoms with E-state index < -0.39 is 0 Å². The minimum atomic E-state index is -0.366. The van der Waals surface area contributed by atoms with Crippen molar-refractivity contribution in [2.24, 2.45) is 5.92 Å². The number of benzene rings is 1. The number of hydrogen-bond donors (Lipinski definition) is 2. The number of ether oxygens (including phenoxy) is 1. The van der Waals surface area contributed by atoms with Crippen molar-refractivity contribution in [3.8, 4) is 5.75 Å². The molecule has 1 aromatic carbocycles. The molecule has 1 aromatic rings. The Morgan fingerprint density at radius 2 is 2.32 bits per heavy atom. The highest BCUT2D eigenvalue weighted by Crippen LogP contribution is 2.28. The number of fused-ring (bicyclic) bond motifs is 1. The normalized spacial score (nSPS) is 26.6. The lowest BCUT2D eigenvalue weighted by Gasteiger charge is -2.21. The summed E-state index contributed by atoms with van der Waals surface area (Å²) in [5, 5.41) is 6.42. The fourth-order valence-electron chi connectivity index (χ4n) is 2.87. The number of carbonyl (C=O) groups is 1. The monoisotopic (exact) mass is 260 g/mol. The van der Waals surface area contributed by atoms with Crippen LogP contribution in [-0.4, -0.2) is 31.1 Å². The van der Waals surface area contributed by atoms with Gasteiger partial charge in [0.1, 0.15) is 5.75 Å². The molecule has 3 rings (SSSR count). The number of amides is 1. The summed E-state index contributed by atoms with van der Waals surface area (Å²) in [5.41, 5.74) is 1.12. The van der Waals surface area contributed by atoms with E-state index in [-0.39, 0.29) is 18.1 Å². The van der Waals surface area contributed by atoms with Gasteiger partial charge in [-0.1, -0.05) is 18.2 Å². The third-order valence-corrected chi connectivity index (χ3v) is 4.12. The van der Waals surface area contributed by atoms with Crippen LogP contribution in [0.2, 0.25) is 0 Å². The Morgan fingerprint density at radius 1 is 1.47 bits per heavy atom. The van der Waals surface area contributed by atoms with Gasteiger partial charge in [-0.3, -0.25) is 4.79 Å². The van der Waals surface area contributed by atoms with Gasteiger partial charge in [-0.15, -0.1) is 0 Å². The molecule has 2 heterocycles. The molecule has 2 aliphatic rings. The second-order valence-corrected chi connectivity index (χ2v) is 5.47. The Kier molecular flexibility index (Phi) is 3.42. The molecule has 0 aliphatic carbocycles. The van der Waals surface area contributed by atoms with E-state index in [4.69, 9.17) is 4.74 Å². The molecular formula is C15H20N2O2. The van der Waals surface area contributed by atoms with Crippen LogP contribution >= 0.6 is 0 Å². The lowest BCUT2D eigenvalue weighted by Crippen LogP contribution is -2.45. The van der Waals surface area contributed by atoms with Crippen LogP contribution in [-0.2, 0) is 11.2 Å². The van der Waals surface area contributed by atoms with E-state index in [1.807, 2.05) is 24.3 Å². The molecule has 1 saturated heterocycles. The van der Waals surface area contributed by atoms with Gasteiger partial charge in [-0.05, 0) is 44.0 Å². The van der Waals surface area contributed by atoms with E-state index in [1.165, 1.54) is 0 Å². The first-order valence-corrected chi connectivity index (χ1v) is 6.99. The first-order chi connectivity index (χ1) is 9.24. The first-order valence-electron chi connectivity index (χ1n) is 6.99. The number of rotatable bonds is 3. The number of carbonyl (C=O) groups excluding carboxylic acids is 1. The summed E-state index contributed by atoms with van der Waals surface area (Å²) in [5.74, 6) is 1.39. The highest BCUT2D eigenvalue weighted by Gasteiger charge is 2.31. The Balaban J connectivity index is 1.57. The second kappa shape index (κ2) is 5.21. The van der Waals surface area contributed by atoms with Crippen LogP contribution in [0.1, 0.15) is 18.9 Å². The van der Waals surface area contributed by atoms with Gasteiger partial charge in [-0.2, -0.15) is 0 Å². The second-order valence-electron chi connectivity index (χ2n) is 5.47. The molecule has 102 valence electrons. The van der Waals surface area contributed by atoms with Crippen LogP contribution in [0.15, 0.2) is 24.3 Å². The molecule has 3 unspecified atom stereocenters. The number of hydrogen-bond acceptors (Lipinski definition) is 3. The molecule has 4 nitrogen and oxygen atoms in total. The molecule has 3 atom stereocenters. The molecular weight excluding hydrogens is 240 g/mol. The standard InChI is InChI=1S/C15H20N2O2/c1-10(12-6-7-16-9-12)17-15(18)14-8-11-4-2-3-5-13(11)19-14/h2-5,10,12,14,16H,6-9H2,1H3,(H,17,18). The molecule has 1 amide bonds. The van der Waals surface area contributed by atoms with E-state index in [1.54, 1.807) is 0 Å². The van der Waals surface area contributed by atoms with E-state index >= 15 is 0 Å². The van der Waals surface area contributed by atoms with Gasteiger partial charge < -0.3 is 15.4 Å². The minimum Gasteiger partial charge on any atom is -0.480 e. The fraction of sp³-hybridized carbons (Fsp3) is 0.533. The molecule has 19 heavy (non-hydrogen) atoms. The quantitative estimate of drug-likeness (QED) is 0.856. The maximum absolute atomic E-state index is 12.2. The minimum absolute atomic E-state index is 0.00981. The molecule has 2 aliphatic heterocycles. The van der Waals surface area contributed by atoms with Gasteiger partial charge >= 0.3 is 0 Å². The van der Waals surface area contributed by atoms with Crippen molar-refractivity contribution < 1.29 is 9.53 Å². The predicted octanol–water partition coefficient (Wildman–Crippen LogP) is 1.10. The largest absolute Gasteiger partial charge is 0.480 e. The number of nitrogens with one attached hydrogen (secondary N) is 2. The lowest BCUT2D eigenvalue weighted by molar-refractivity contribution is -0.128. The van der Waals surface area contributed by atoms with Crippen LogP contribution in [0.25, 0.3) is 0 Å².